The van der Waals surface area contributed by atoms with Crippen LogP contribution >= 0.6 is 0 Å². The average molecular weight is 251 g/mol. The molecule has 0 saturated heterocycles. The van der Waals surface area contributed by atoms with Gasteiger partial charge in [-0.05, 0) is 30.7 Å². The van der Waals surface area contributed by atoms with E-state index in [4.69, 9.17) is 0 Å². The molecule has 0 aliphatic carbocycles. The molecule has 0 saturated carbocycles. The minimum Gasteiger partial charge on any atom is -0.465 e. The minimum absolute atomic E-state index is 0.207. The highest BCUT2D eigenvalue weighted by Crippen LogP contribution is 2.26. The number of hydrogen-bond acceptors (Lipinski definition) is 4. The van der Waals surface area contributed by atoms with Gasteiger partial charge in [-0.1, -0.05) is 20.8 Å². The van der Waals surface area contributed by atoms with E-state index >= 15 is 0 Å². The first-order valence-corrected chi connectivity index (χ1v) is 6.03. The first kappa shape index (κ1) is 14.5. The molecule has 0 aliphatic rings. The Bertz CT molecular complexity index is 398. The number of methoxy groups -OCH3 is 1. The van der Waals surface area contributed by atoms with Gasteiger partial charge in [0.1, 0.15) is 6.23 Å². The molecule has 18 heavy (non-hydrogen) atoms. The summed E-state index contributed by atoms with van der Waals surface area (Å²) in [6.07, 6.45) is 0.230. The van der Waals surface area contributed by atoms with Crippen molar-refractivity contribution >= 4 is 11.7 Å². The number of benzene rings is 1. The molecule has 0 radical (unpaired) electrons. The number of carbonyl (C=O) groups excluding carboxylic acids is 1. The second kappa shape index (κ2) is 5.87. The summed E-state index contributed by atoms with van der Waals surface area (Å²) in [5.41, 5.74) is 1.06. The van der Waals surface area contributed by atoms with Crippen molar-refractivity contribution in [2.24, 2.45) is 5.41 Å². The summed E-state index contributed by atoms with van der Waals surface area (Å²) in [7, 11) is 1.35. The van der Waals surface area contributed by atoms with Crippen LogP contribution in [-0.4, -0.2) is 24.4 Å². The van der Waals surface area contributed by atoms with E-state index in [1.54, 1.807) is 24.3 Å². The lowest BCUT2D eigenvalue weighted by molar-refractivity contribution is 0.0601. The highest BCUT2D eigenvalue weighted by atomic mass is 16.5. The van der Waals surface area contributed by atoms with Crippen molar-refractivity contribution in [1.29, 1.82) is 0 Å². The summed E-state index contributed by atoms with van der Waals surface area (Å²) in [6.45, 7) is 6.02. The van der Waals surface area contributed by atoms with E-state index in [0.717, 1.165) is 12.1 Å². The molecule has 1 aromatic carbocycles. The van der Waals surface area contributed by atoms with Gasteiger partial charge in [-0.3, -0.25) is 0 Å². The van der Waals surface area contributed by atoms with E-state index < -0.39 is 6.23 Å². The third-order valence-corrected chi connectivity index (χ3v) is 3.26. The lowest BCUT2D eigenvalue weighted by Gasteiger charge is -2.30. The molecule has 2 N–H and O–H groups in total. The Morgan fingerprint density at radius 2 is 1.94 bits per heavy atom. The molecule has 0 heterocycles. The zero-order valence-corrected chi connectivity index (χ0v) is 11.4. The van der Waals surface area contributed by atoms with Gasteiger partial charge in [-0.25, -0.2) is 4.79 Å². The van der Waals surface area contributed by atoms with E-state index in [9.17, 15) is 9.90 Å². The Morgan fingerprint density at radius 1 is 1.39 bits per heavy atom. The highest BCUT2D eigenvalue weighted by Gasteiger charge is 2.25. The second-order valence-corrected chi connectivity index (χ2v) is 4.96. The van der Waals surface area contributed by atoms with Crippen molar-refractivity contribution < 1.29 is 14.6 Å². The minimum atomic E-state index is -0.633. The molecular weight excluding hydrogens is 230 g/mol. The van der Waals surface area contributed by atoms with Crippen molar-refractivity contribution in [3.05, 3.63) is 29.8 Å². The molecule has 0 spiro atoms. The van der Waals surface area contributed by atoms with Gasteiger partial charge in [0.25, 0.3) is 0 Å². The van der Waals surface area contributed by atoms with Gasteiger partial charge in [-0.2, -0.15) is 0 Å². The predicted octanol–water partition coefficient (Wildman–Crippen LogP) is 2.64. The topological polar surface area (TPSA) is 58.6 Å². The number of ether oxygens (including phenoxy) is 1. The third-order valence-electron chi connectivity index (χ3n) is 3.26. The molecule has 4 heteroatoms. The lowest BCUT2D eigenvalue weighted by atomic mass is 9.88. The fraction of sp³-hybridized carbons (Fsp3) is 0.500. The smallest absolute Gasteiger partial charge is 0.337 e. The zero-order chi connectivity index (χ0) is 13.8. The monoisotopic (exact) mass is 251 g/mol. The second-order valence-electron chi connectivity index (χ2n) is 4.96. The van der Waals surface area contributed by atoms with Crippen molar-refractivity contribution in [3.8, 4) is 0 Å². The molecule has 0 amide bonds. The molecule has 1 unspecified atom stereocenters. The first-order valence-electron chi connectivity index (χ1n) is 6.03. The number of esters is 1. The van der Waals surface area contributed by atoms with Crippen LogP contribution in [0.1, 0.15) is 37.6 Å². The van der Waals surface area contributed by atoms with E-state index in [2.05, 4.69) is 10.1 Å². The van der Waals surface area contributed by atoms with Gasteiger partial charge >= 0.3 is 5.97 Å². The van der Waals surface area contributed by atoms with Crippen LogP contribution in [0.3, 0.4) is 0 Å². The van der Waals surface area contributed by atoms with Gasteiger partial charge in [0.05, 0.1) is 12.7 Å². The van der Waals surface area contributed by atoms with Crippen LogP contribution in [-0.2, 0) is 4.74 Å². The van der Waals surface area contributed by atoms with E-state index in [0.29, 0.717) is 5.56 Å². The number of carbonyl (C=O) groups is 1. The summed E-state index contributed by atoms with van der Waals surface area (Å²) in [4.78, 5) is 11.3. The van der Waals surface area contributed by atoms with Gasteiger partial charge in [0.15, 0.2) is 0 Å². The zero-order valence-electron chi connectivity index (χ0n) is 11.4. The van der Waals surface area contributed by atoms with Crippen LogP contribution in [0, 0.1) is 5.41 Å². The Labute approximate surface area is 108 Å². The van der Waals surface area contributed by atoms with Crippen LogP contribution < -0.4 is 5.32 Å². The number of aliphatic hydroxyl groups is 1. The van der Waals surface area contributed by atoms with Crippen molar-refractivity contribution in [2.45, 2.75) is 33.4 Å². The molecule has 1 rings (SSSR count). The Kier molecular flexibility index (Phi) is 4.73. The van der Waals surface area contributed by atoms with Crippen LogP contribution in [0.15, 0.2) is 24.3 Å². The molecule has 1 aromatic rings. The number of anilines is 1. The average Bonchev–Trinajstić information content (AvgIpc) is 2.38. The number of aliphatic hydroxyl groups excluding tert-OH is 1. The SMILES string of the molecule is CCC(C)(C)C(O)Nc1ccc(C(=O)OC)cc1. The predicted molar refractivity (Wildman–Crippen MR) is 71.5 cm³/mol. The normalized spacial score (nSPS) is 12.9. The quantitative estimate of drug-likeness (QED) is 0.624. The maximum Gasteiger partial charge on any atom is 0.337 e. The van der Waals surface area contributed by atoms with Crippen LogP contribution in [0.25, 0.3) is 0 Å². The standard InChI is InChI=1S/C14H21NO3/c1-5-14(2,3)13(17)15-11-8-6-10(7-9-11)12(16)18-4/h6-9,13,15,17H,5H2,1-4H3. The lowest BCUT2D eigenvalue weighted by Crippen LogP contribution is -2.35. The Balaban J connectivity index is 2.72. The van der Waals surface area contributed by atoms with Gasteiger partial charge in [0, 0.05) is 11.1 Å². The summed E-state index contributed by atoms with van der Waals surface area (Å²) < 4.78 is 4.62. The summed E-state index contributed by atoms with van der Waals surface area (Å²) in [5, 5.41) is 13.1. The van der Waals surface area contributed by atoms with Crippen LogP contribution in [0.5, 0.6) is 0 Å². The van der Waals surface area contributed by atoms with Gasteiger partial charge in [-0.15, -0.1) is 0 Å². The molecule has 100 valence electrons. The molecule has 0 bridgehead atoms. The number of rotatable bonds is 5. The van der Waals surface area contributed by atoms with Crippen LogP contribution in [0.2, 0.25) is 0 Å². The summed E-state index contributed by atoms with van der Waals surface area (Å²) >= 11 is 0. The van der Waals surface area contributed by atoms with E-state index in [-0.39, 0.29) is 11.4 Å². The van der Waals surface area contributed by atoms with E-state index in [1.165, 1.54) is 7.11 Å². The fourth-order valence-electron chi connectivity index (χ4n) is 1.37. The molecule has 4 nitrogen and oxygen atoms in total. The van der Waals surface area contributed by atoms with Gasteiger partial charge in [0.2, 0.25) is 0 Å². The summed E-state index contributed by atoms with van der Waals surface area (Å²) in [5.74, 6) is -0.365. The third kappa shape index (κ3) is 3.47. The highest BCUT2D eigenvalue weighted by molar-refractivity contribution is 5.89. The van der Waals surface area contributed by atoms with Gasteiger partial charge < -0.3 is 15.2 Å². The number of nitrogens with one attached hydrogen (secondary N) is 1. The Morgan fingerprint density at radius 3 is 2.39 bits per heavy atom. The Hall–Kier alpha value is -1.55. The fourth-order valence-corrected chi connectivity index (χ4v) is 1.37. The van der Waals surface area contributed by atoms with Crippen LogP contribution in [0.4, 0.5) is 5.69 Å². The molecule has 0 fully saturated rings. The molecular formula is C14H21NO3. The van der Waals surface area contributed by atoms with Crippen molar-refractivity contribution in [1.82, 2.24) is 0 Å². The maximum absolute atomic E-state index is 11.3. The van der Waals surface area contributed by atoms with Crippen molar-refractivity contribution in [2.75, 3.05) is 12.4 Å². The van der Waals surface area contributed by atoms with E-state index in [1.807, 2.05) is 20.8 Å². The molecule has 1 atom stereocenters. The molecule has 0 aliphatic heterocycles. The maximum atomic E-state index is 11.3. The largest absolute Gasteiger partial charge is 0.465 e. The number of hydrogen-bond donors (Lipinski definition) is 2. The summed E-state index contributed by atoms with van der Waals surface area (Å²) in [6, 6.07) is 6.84. The first-order chi connectivity index (χ1) is 8.40. The van der Waals surface area contributed by atoms with Crippen molar-refractivity contribution in [3.63, 3.8) is 0 Å². The molecule has 0 aromatic heterocycles.